The maximum atomic E-state index is 13.0. The Kier molecular flexibility index (Phi) is 74.2. The number of rotatable bonds is 80. The Morgan fingerprint density at radius 2 is 0.548 bits per heavy atom. The molecule has 0 aliphatic rings. The van der Waals surface area contributed by atoms with Gasteiger partial charge in [0.15, 0.2) is 12.4 Å². The summed E-state index contributed by atoms with van der Waals surface area (Å²) in [7, 11) is 5.96. The van der Waals surface area contributed by atoms with Gasteiger partial charge in [-0.25, -0.2) is 0 Å². The summed E-state index contributed by atoms with van der Waals surface area (Å²) in [6.07, 6.45) is 92.2. The summed E-state index contributed by atoms with van der Waals surface area (Å²) >= 11 is 0. The number of esters is 2. The van der Waals surface area contributed by atoms with E-state index in [1.54, 1.807) is 0 Å². The molecule has 0 N–H and O–H groups in total. The zero-order chi connectivity index (χ0) is 67.5. The molecule has 2 atom stereocenters. The van der Waals surface area contributed by atoms with Crippen LogP contribution in [0.1, 0.15) is 450 Å². The molecule has 93 heavy (non-hydrogen) atoms. The normalized spacial score (nSPS) is 12.6. The second-order valence-corrected chi connectivity index (χ2v) is 30.1. The van der Waals surface area contributed by atoms with Crippen molar-refractivity contribution in [3.05, 3.63) is 12.2 Å². The van der Waals surface area contributed by atoms with Gasteiger partial charge in [-0.05, 0) is 38.5 Å². The predicted molar refractivity (Wildman–Crippen MR) is 399 cm³/mol. The molecule has 0 spiro atoms. The summed E-state index contributed by atoms with van der Waals surface area (Å²) in [5.41, 5.74) is 0. The predicted octanol–water partition coefficient (Wildman–Crippen LogP) is 25.4. The average Bonchev–Trinajstić information content (AvgIpc) is 3.74. The summed E-state index contributed by atoms with van der Waals surface area (Å²) in [5.74, 6) is -2.24. The highest BCUT2D eigenvalue weighted by molar-refractivity contribution is 5.70. The standard InChI is InChI=1S/C84H163NO8/c1-6-8-10-12-14-16-18-20-22-24-26-28-30-32-34-36-38-40-41-43-45-47-49-51-53-55-57-59-61-63-65-67-69-71-73-75-82(87)93-80(79-92-84(83(88)89)90-77-76-85(3,4)5)78-91-81(86)74-72-70-68-66-64-62-60-58-56-54-52-50-48-46-44-42-39-37-35-33-31-29-27-25-23-21-19-17-15-13-11-9-7-2/h24,26,80,84H,6-23,25,27-79H2,1-5H3/b26-24-. The molecule has 0 bridgehead atoms. The zero-order valence-corrected chi connectivity index (χ0v) is 63.4. The smallest absolute Gasteiger partial charge is 0.306 e. The van der Waals surface area contributed by atoms with Gasteiger partial charge in [0.1, 0.15) is 13.2 Å². The molecule has 0 radical (unpaired) electrons. The van der Waals surface area contributed by atoms with Gasteiger partial charge in [0.25, 0.3) is 0 Å². The molecule has 0 amide bonds. The first-order chi connectivity index (χ1) is 45.6. The minimum absolute atomic E-state index is 0.153. The zero-order valence-electron chi connectivity index (χ0n) is 63.4. The van der Waals surface area contributed by atoms with E-state index < -0.39 is 24.3 Å². The molecule has 2 unspecified atom stereocenters. The first-order valence-corrected chi connectivity index (χ1v) is 41.8. The first kappa shape index (κ1) is 91.0. The summed E-state index contributed by atoms with van der Waals surface area (Å²) < 4.78 is 22.9. The number of carboxylic acids is 1. The molecule has 0 saturated heterocycles. The molecule has 0 heterocycles. The Morgan fingerprint density at radius 1 is 0.312 bits per heavy atom. The van der Waals surface area contributed by atoms with Crippen LogP contribution in [0, 0.1) is 0 Å². The highest BCUT2D eigenvalue weighted by atomic mass is 16.7. The number of allylic oxidation sites excluding steroid dienone is 2. The Morgan fingerprint density at radius 3 is 0.796 bits per heavy atom. The van der Waals surface area contributed by atoms with Gasteiger partial charge in [0, 0.05) is 12.8 Å². The SMILES string of the molecule is CCCCCCCCCC/C=C\CCCCCCCCCCCCCCCCCCCCCCCCCC(=O)OC(COC(=O)CCCCCCCCCCCCCCCCCCCCCCCCCCCCCCCCCCC)COC(OCC[N+](C)(C)C)C(=O)[O-]. The van der Waals surface area contributed by atoms with Crippen molar-refractivity contribution in [3.63, 3.8) is 0 Å². The fourth-order valence-corrected chi connectivity index (χ4v) is 13.1. The summed E-state index contributed by atoms with van der Waals surface area (Å²) in [5, 5.41) is 11.9. The lowest BCUT2D eigenvalue weighted by atomic mass is 10.0. The Hall–Kier alpha value is -1.97. The number of unbranched alkanes of at least 4 members (excludes halogenated alkanes) is 63. The van der Waals surface area contributed by atoms with Gasteiger partial charge >= 0.3 is 11.9 Å². The average molecular weight is 1320 g/mol. The number of quaternary nitrogens is 1. The van der Waals surface area contributed by atoms with Gasteiger partial charge in [-0.3, -0.25) is 9.59 Å². The number of carbonyl (C=O) groups excluding carboxylic acids is 3. The summed E-state index contributed by atoms with van der Waals surface area (Å²) in [6, 6.07) is 0. The number of hydrogen-bond acceptors (Lipinski definition) is 8. The topological polar surface area (TPSA) is 111 Å². The summed E-state index contributed by atoms with van der Waals surface area (Å²) in [4.78, 5) is 37.6. The number of carboxylic acid groups (broad SMARTS) is 1. The van der Waals surface area contributed by atoms with Crippen molar-refractivity contribution < 1.29 is 42.9 Å². The minimum Gasteiger partial charge on any atom is -0.545 e. The van der Waals surface area contributed by atoms with Crippen LogP contribution in [-0.2, 0) is 33.3 Å². The van der Waals surface area contributed by atoms with E-state index >= 15 is 0 Å². The lowest BCUT2D eigenvalue weighted by Gasteiger charge is -2.26. The van der Waals surface area contributed by atoms with Crippen molar-refractivity contribution >= 4 is 17.9 Å². The van der Waals surface area contributed by atoms with Gasteiger partial charge in [0.05, 0.1) is 40.3 Å². The van der Waals surface area contributed by atoms with Crippen LogP contribution in [-0.4, -0.2) is 82.3 Å². The Balaban J connectivity index is 3.93. The van der Waals surface area contributed by atoms with Crippen LogP contribution in [0.4, 0.5) is 0 Å². The number of carbonyl (C=O) groups is 3. The number of hydrogen-bond donors (Lipinski definition) is 0. The lowest BCUT2D eigenvalue weighted by molar-refractivity contribution is -0.870. The highest BCUT2D eigenvalue weighted by Crippen LogP contribution is 2.21. The van der Waals surface area contributed by atoms with Crippen molar-refractivity contribution in [3.8, 4) is 0 Å². The van der Waals surface area contributed by atoms with Gasteiger partial charge in [-0.15, -0.1) is 0 Å². The molecule has 0 saturated carbocycles. The number of nitrogens with zero attached hydrogens (tertiary/aromatic N) is 1. The fourth-order valence-electron chi connectivity index (χ4n) is 13.1. The van der Waals surface area contributed by atoms with E-state index in [-0.39, 0.29) is 32.2 Å². The van der Waals surface area contributed by atoms with Gasteiger partial charge in [-0.1, -0.05) is 411 Å². The van der Waals surface area contributed by atoms with E-state index in [1.165, 1.54) is 385 Å². The van der Waals surface area contributed by atoms with Crippen LogP contribution in [0.3, 0.4) is 0 Å². The number of ether oxygens (including phenoxy) is 4. The van der Waals surface area contributed by atoms with Gasteiger partial charge < -0.3 is 33.3 Å². The number of aliphatic carboxylic acids is 1. The van der Waals surface area contributed by atoms with Gasteiger partial charge in [0.2, 0.25) is 0 Å². The molecule has 0 aromatic heterocycles. The largest absolute Gasteiger partial charge is 0.545 e. The molecule has 0 aromatic carbocycles. The van der Waals surface area contributed by atoms with Crippen LogP contribution in [0.15, 0.2) is 12.2 Å². The van der Waals surface area contributed by atoms with Crippen LogP contribution in [0.2, 0.25) is 0 Å². The van der Waals surface area contributed by atoms with E-state index in [4.69, 9.17) is 18.9 Å². The van der Waals surface area contributed by atoms with E-state index in [0.717, 1.165) is 38.5 Å². The van der Waals surface area contributed by atoms with E-state index in [2.05, 4.69) is 26.0 Å². The molecule has 0 aliphatic carbocycles. The fraction of sp³-hybridized carbons (Fsp3) is 0.940. The number of likely N-dealkylation sites (N-methyl/N-ethyl adjacent to an activating group) is 1. The van der Waals surface area contributed by atoms with E-state index in [0.29, 0.717) is 17.4 Å². The van der Waals surface area contributed by atoms with Gasteiger partial charge in [-0.2, -0.15) is 0 Å². The highest BCUT2D eigenvalue weighted by Gasteiger charge is 2.22. The Labute approximate surface area is 580 Å². The molecule has 0 aliphatic heterocycles. The second kappa shape index (κ2) is 75.8. The lowest BCUT2D eigenvalue weighted by Crippen LogP contribution is -2.44. The van der Waals surface area contributed by atoms with E-state index in [1.807, 2.05) is 21.1 Å². The van der Waals surface area contributed by atoms with Crippen molar-refractivity contribution in [2.24, 2.45) is 0 Å². The molecular weight excluding hydrogens is 1150 g/mol. The molecule has 9 heteroatoms. The first-order valence-electron chi connectivity index (χ1n) is 41.8. The molecule has 0 rings (SSSR count). The summed E-state index contributed by atoms with van der Waals surface area (Å²) in [6.45, 7) is 4.85. The monoisotopic (exact) mass is 1310 g/mol. The molecular formula is C84H163NO8. The van der Waals surface area contributed by atoms with Crippen LogP contribution < -0.4 is 5.11 Å². The van der Waals surface area contributed by atoms with E-state index in [9.17, 15) is 19.5 Å². The third kappa shape index (κ3) is 77.3. The third-order valence-electron chi connectivity index (χ3n) is 19.5. The van der Waals surface area contributed by atoms with Crippen molar-refractivity contribution in [1.82, 2.24) is 0 Å². The van der Waals surface area contributed by atoms with Crippen molar-refractivity contribution in [2.45, 2.75) is 463 Å². The molecule has 0 aromatic rings. The minimum atomic E-state index is -1.62. The molecule has 9 nitrogen and oxygen atoms in total. The molecule has 552 valence electrons. The quantitative estimate of drug-likeness (QED) is 0.0195. The van der Waals surface area contributed by atoms with Crippen LogP contribution in [0.25, 0.3) is 0 Å². The maximum absolute atomic E-state index is 13.0. The third-order valence-corrected chi connectivity index (χ3v) is 19.5. The van der Waals surface area contributed by atoms with Crippen LogP contribution in [0.5, 0.6) is 0 Å². The maximum Gasteiger partial charge on any atom is 0.306 e. The Bertz CT molecular complexity index is 1530. The van der Waals surface area contributed by atoms with Crippen molar-refractivity contribution in [1.29, 1.82) is 0 Å². The van der Waals surface area contributed by atoms with Crippen molar-refractivity contribution in [2.75, 3.05) is 47.5 Å². The molecule has 0 fully saturated rings. The second-order valence-electron chi connectivity index (χ2n) is 30.1. The van der Waals surface area contributed by atoms with Crippen LogP contribution >= 0.6 is 0 Å².